The first-order chi connectivity index (χ1) is 7.85. The molecule has 2 bridgehead atoms. The second-order valence-electron chi connectivity index (χ2n) is 6.11. The largest absolute Gasteiger partial charge is 0.457 e. The lowest BCUT2D eigenvalue weighted by molar-refractivity contribution is -0.150. The van der Waals surface area contributed by atoms with E-state index in [4.69, 9.17) is 4.74 Å². The third kappa shape index (κ3) is 2.96. The Kier molecular flexibility index (Phi) is 3.11. The highest BCUT2D eigenvalue weighted by Crippen LogP contribution is 2.38. The zero-order valence-corrected chi connectivity index (χ0v) is 10.8. The molecule has 0 saturated heterocycles. The fourth-order valence-corrected chi connectivity index (χ4v) is 2.64. The molecule has 3 aliphatic carbocycles. The first-order valence-electron chi connectivity index (χ1n) is 6.32. The van der Waals surface area contributed by atoms with Crippen molar-refractivity contribution in [2.75, 3.05) is 0 Å². The van der Waals surface area contributed by atoms with Crippen LogP contribution >= 0.6 is 0 Å². The number of esters is 1. The Balaban J connectivity index is 2.16. The molecular weight excluding hydrogens is 216 g/mol. The van der Waals surface area contributed by atoms with Crippen molar-refractivity contribution in [3.05, 3.63) is 11.6 Å². The predicted octanol–water partition coefficient (Wildman–Crippen LogP) is 2.64. The quantitative estimate of drug-likeness (QED) is 0.657. The van der Waals surface area contributed by atoms with Crippen LogP contribution in [0, 0.1) is 11.8 Å². The Hall–Kier alpha value is -1.12. The van der Waals surface area contributed by atoms with Crippen molar-refractivity contribution in [3.8, 4) is 0 Å². The summed E-state index contributed by atoms with van der Waals surface area (Å²) in [6.07, 6.45) is 5.07. The fraction of sp³-hybridized carbons (Fsp3) is 0.714. The second kappa shape index (κ2) is 4.28. The van der Waals surface area contributed by atoms with Crippen LogP contribution in [0.4, 0.5) is 0 Å². The summed E-state index contributed by atoms with van der Waals surface area (Å²) in [6.45, 7) is 5.60. The number of rotatable bonds is 1. The summed E-state index contributed by atoms with van der Waals surface area (Å²) in [5, 5.41) is 0. The summed E-state index contributed by atoms with van der Waals surface area (Å²) in [4.78, 5) is 23.7. The van der Waals surface area contributed by atoms with Crippen LogP contribution < -0.4 is 0 Å². The SMILES string of the molecule is CC(C)(C)OC(=O)C1=C[C@@H]2CC[C@H]1CC(=O)C2. The minimum absolute atomic E-state index is 0.0936. The molecule has 0 unspecified atom stereocenters. The molecule has 1 saturated carbocycles. The van der Waals surface area contributed by atoms with E-state index in [2.05, 4.69) is 0 Å². The van der Waals surface area contributed by atoms with Crippen LogP contribution in [0.15, 0.2) is 11.6 Å². The maximum absolute atomic E-state index is 12.1. The Morgan fingerprint density at radius 2 is 2.00 bits per heavy atom. The summed E-state index contributed by atoms with van der Waals surface area (Å²) < 4.78 is 5.40. The molecular formula is C14H20O3. The highest BCUT2D eigenvalue weighted by atomic mass is 16.6. The molecule has 0 aromatic carbocycles. The summed E-state index contributed by atoms with van der Waals surface area (Å²) >= 11 is 0. The number of fused-ring (bicyclic) bond motifs is 3. The van der Waals surface area contributed by atoms with Crippen LogP contribution in [0.1, 0.15) is 46.5 Å². The summed E-state index contributed by atoms with van der Waals surface area (Å²) in [5.41, 5.74) is 0.273. The molecule has 0 aliphatic heterocycles. The van der Waals surface area contributed by atoms with E-state index in [0.717, 1.165) is 18.4 Å². The molecule has 0 aromatic rings. The van der Waals surface area contributed by atoms with Gasteiger partial charge in [-0.15, -0.1) is 0 Å². The summed E-state index contributed by atoms with van der Waals surface area (Å²) in [7, 11) is 0. The van der Waals surface area contributed by atoms with Gasteiger partial charge in [0, 0.05) is 18.4 Å². The zero-order valence-electron chi connectivity index (χ0n) is 10.8. The Morgan fingerprint density at radius 3 is 2.65 bits per heavy atom. The van der Waals surface area contributed by atoms with Gasteiger partial charge in [-0.2, -0.15) is 0 Å². The number of ether oxygens (including phenoxy) is 1. The molecule has 0 radical (unpaired) electrons. The smallest absolute Gasteiger partial charge is 0.334 e. The van der Waals surface area contributed by atoms with Crippen molar-refractivity contribution in [3.63, 3.8) is 0 Å². The molecule has 0 heterocycles. The molecule has 3 aliphatic rings. The van der Waals surface area contributed by atoms with Gasteiger partial charge in [0.1, 0.15) is 11.4 Å². The van der Waals surface area contributed by atoms with Crippen molar-refractivity contribution in [1.82, 2.24) is 0 Å². The first-order valence-corrected chi connectivity index (χ1v) is 6.32. The van der Waals surface area contributed by atoms with Gasteiger partial charge in [0.2, 0.25) is 0 Å². The molecule has 0 amide bonds. The number of allylic oxidation sites excluding steroid dienone is 1. The van der Waals surface area contributed by atoms with Gasteiger partial charge in [-0.25, -0.2) is 4.79 Å². The fourth-order valence-electron chi connectivity index (χ4n) is 2.64. The van der Waals surface area contributed by atoms with Crippen LogP contribution in [-0.2, 0) is 14.3 Å². The van der Waals surface area contributed by atoms with Crippen LogP contribution in [0.3, 0.4) is 0 Å². The van der Waals surface area contributed by atoms with Crippen molar-refractivity contribution < 1.29 is 14.3 Å². The lowest BCUT2D eigenvalue weighted by Gasteiger charge is -2.26. The molecule has 0 N–H and O–H groups in total. The van der Waals surface area contributed by atoms with Gasteiger partial charge in [-0.3, -0.25) is 4.79 Å². The number of carbonyl (C=O) groups excluding carboxylic acids is 2. The van der Waals surface area contributed by atoms with E-state index in [1.807, 2.05) is 26.8 Å². The predicted molar refractivity (Wildman–Crippen MR) is 64.4 cm³/mol. The molecule has 94 valence electrons. The van der Waals surface area contributed by atoms with E-state index in [9.17, 15) is 9.59 Å². The molecule has 3 nitrogen and oxygen atoms in total. The monoisotopic (exact) mass is 236 g/mol. The lowest BCUT2D eigenvalue weighted by Crippen LogP contribution is -2.28. The van der Waals surface area contributed by atoms with Crippen molar-refractivity contribution in [1.29, 1.82) is 0 Å². The number of hydrogen-bond donors (Lipinski definition) is 0. The Bertz CT molecular complexity index is 373. The third-order valence-corrected chi connectivity index (χ3v) is 3.34. The Labute approximate surface area is 102 Å². The molecule has 1 fully saturated rings. The van der Waals surface area contributed by atoms with Crippen LogP contribution in [0.5, 0.6) is 0 Å². The average molecular weight is 236 g/mol. The summed E-state index contributed by atoms with van der Waals surface area (Å²) in [6, 6.07) is 0. The zero-order chi connectivity index (χ0) is 12.6. The first kappa shape index (κ1) is 12.3. The van der Waals surface area contributed by atoms with Crippen molar-refractivity contribution in [2.45, 2.75) is 52.1 Å². The van der Waals surface area contributed by atoms with E-state index in [0.29, 0.717) is 12.8 Å². The minimum Gasteiger partial charge on any atom is -0.457 e. The molecule has 17 heavy (non-hydrogen) atoms. The number of hydrogen-bond acceptors (Lipinski definition) is 3. The average Bonchev–Trinajstić information content (AvgIpc) is 2.43. The number of carbonyl (C=O) groups is 2. The van der Waals surface area contributed by atoms with Crippen LogP contribution in [0.2, 0.25) is 0 Å². The van der Waals surface area contributed by atoms with Gasteiger partial charge in [0.05, 0.1) is 0 Å². The van der Waals surface area contributed by atoms with Gasteiger partial charge in [0.25, 0.3) is 0 Å². The van der Waals surface area contributed by atoms with Gasteiger partial charge in [-0.05, 0) is 45.4 Å². The van der Waals surface area contributed by atoms with Crippen molar-refractivity contribution in [2.24, 2.45) is 11.8 Å². The van der Waals surface area contributed by atoms with E-state index < -0.39 is 5.60 Å². The number of Topliss-reactive ketones (excluding diaryl/α,β-unsaturated/α-hetero) is 1. The standard InChI is InChI=1S/C14H20O3/c1-14(2,3)17-13(16)12-7-9-4-5-10(12)8-11(15)6-9/h7,9-10H,4-6,8H2,1-3H3/t9-,10+/m1/s1. The van der Waals surface area contributed by atoms with Gasteiger partial charge < -0.3 is 4.74 Å². The second-order valence-corrected chi connectivity index (χ2v) is 6.11. The van der Waals surface area contributed by atoms with Gasteiger partial charge >= 0.3 is 5.97 Å². The van der Waals surface area contributed by atoms with E-state index in [1.165, 1.54) is 0 Å². The van der Waals surface area contributed by atoms with Crippen LogP contribution in [-0.4, -0.2) is 17.4 Å². The lowest BCUT2D eigenvalue weighted by atomic mass is 9.84. The maximum Gasteiger partial charge on any atom is 0.334 e. The van der Waals surface area contributed by atoms with Gasteiger partial charge in [0.15, 0.2) is 0 Å². The molecule has 2 atom stereocenters. The van der Waals surface area contributed by atoms with Crippen molar-refractivity contribution >= 4 is 11.8 Å². The third-order valence-electron chi connectivity index (χ3n) is 3.34. The van der Waals surface area contributed by atoms with E-state index in [-0.39, 0.29) is 23.6 Å². The van der Waals surface area contributed by atoms with Gasteiger partial charge in [-0.1, -0.05) is 6.08 Å². The highest BCUT2D eigenvalue weighted by Gasteiger charge is 2.35. The topological polar surface area (TPSA) is 43.4 Å². The molecule has 3 heteroatoms. The van der Waals surface area contributed by atoms with E-state index >= 15 is 0 Å². The highest BCUT2D eigenvalue weighted by molar-refractivity contribution is 5.92. The van der Waals surface area contributed by atoms with Crippen LogP contribution in [0.25, 0.3) is 0 Å². The molecule has 0 spiro atoms. The minimum atomic E-state index is -0.465. The Morgan fingerprint density at radius 1 is 1.29 bits per heavy atom. The maximum atomic E-state index is 12.1. The molecule has 3 rings (SSSR count). The summed E-state index contributed by atoms with van der Waals surface area (Å²) in [5.74, 6) is 0.397. The normalized spacial score (nSPS) is 28.6. The van der Waals surface area contributed by atoms with E-state index in [1.54, 1.807) is 0 Å². The number of ketones is 1. The molecule has 0 aromatic heterocycles.